The van der Waals surface area contributed by atoms with Gasteiger partial charge in [-0.15, -0.1) is 0 Å². The van der Waals surface area contributed by atoms with Crippen molar-refractivity contribution < 1.29 is 4.42 Å². The van der Waals surface area contributed by atoms with Crippen molar-refractivity contribution >= 4 is 27.7 Å². The second-order valence-corrected chi connectivity index (χ2v) is 5.71. The Morgan fingerprint density at radius 1 is 1.47 bits per heavy atom. The number of nitrogens with one attached hydrogen (secondary N) is 1. The average Bonchev–Trinajstić information content (AvgIpc) is 2.64. The molecule has 0 saturated carbocycles. The Kier molecular flexibility index (Phi) is 5.79. The Morgan fingerprint density at radius 2 is 2.20 bits per heavy atom. The smallest absolute Gasteiger partial charge is 0.169 e. The summed E-state index contributed by atoms with van der Waals surface area (Å²) in [5.41, 5.74) is 0. The summed E-state index contributed by atoms with van der Waals surface area (Å²) in [6.45, 7) is 5.40. The molecule has 1 aromatic rings. The minimum atomic E-state index is 0.283. The summed E-state index contributed by atoms with van der Waals surface area (Å²) in [5, 5.41) is 4.17. The van der Waals surface area contributed by atoms with Crippen molar-refractivity contribution in [3.05, 3.63) is 22.6 Å². The molecule has 0 spiro atoms. The molecule has 0 saturated heterocycles. The largest absolute Gasteiger partial charge is 0.453 e. The normalized spacial score (nSPS) is 15.2. The third-order valence-corrected chi connectivity index (χ3v) is 3.89. The first-order chi connectivity index (χ1) is 7.13. The first-order valence-electron chi connectivity index (χ1n) is 5.15. The highest BCUT2D eigenvalue weighted by atomic mass is 79.9. The number of hydrogen-bond donors (Lipinski definition) is 1. The van der Waals surface area contributed by atoms with Gasteiger partial charge in [-0.2, -0.15) is 11.8 Å². The van der Waals surface area contributed by atoms with Gasteiger partial charge in [0.1, 0.15) is 5.76 Å². The number of furan rings is 1. The van der Waals surface area contributed by atoms with Crippen LogP contribution in [0.1, 0.15) is 32.1 Å². The van der Waals surface area contributed by atoms with Crippen LogP contribution in [0.15, 0.2) is 21.2 Å². The lowest BCUT2D eigenvalue weighted by molar-refractivity contribution is 0.417. The van der Waals surface area contributed by atoms with Gasteiger partial charge in [-0.1, -0.05) is 6.92 Å². The Labute approximate surface area is 104 Å². The third-order valence-electron chi connectivity index (χ3n) is 2.42. The molecule has 2 atom stereocenters. The minimum absolute atomic E-state index is 0.283. The zero-order chi connectivity index (χ0) is 11.3. The first kappa shape index (κ1) is 13.1. The van der Waals surface area contributed by atoms with E-state index in [1.165, 1.54) is 6.42 Å². The summed E-state index contributed by atoms with van der Waals surface area (Å²) in [6.07, 6.45) is 3.34. The van der Waals surface area contributed by atoms with Crippen LogP contribution in [-0.2, 0) is 0 Å². The van der Waals surface area contributed by atoms with Crippen LogP contribution in [0.2, 0.25) is 0 Å². The van der Waals surface area contributed by atoms with Crippen molar-refractivity contribution in [2.45, 2.75) is 31.6 Å². The molecule has 0 radical (unpaired) electrons. The van der Waals surface area contributed by atoms with Crippen LogP contribution in [0, 0.1) is 0 Å². The maximum atomic E-state index is 5.48. The second kappa shape index (κ2) is 6.61. The van der Waals surface area contributed by atoms with Gasteiger partial charge < -0.3 is 9.73 Å². The Hall–Kier alpha value is 0.0700. The van der Waals surface area contributed by atoms with E-state index < -0.39 is 0 Å². The van der Waals surface area contributed by atoms with Crippen molar-refractivity contribution in [2.75, 3.05) is 12.8 Å². The van der Waals surface area contributed by atoms with E-state index in [-0.39, 0.29) is 6.04 Å². The number of halogens is 1. The summed E-state index contributed by atoms with van der Waals surface area (Å²) in [4.78, 5) is 0. The fourth-order valence-electron chi connectivity index (χ4n) is 1.28. The van der Waals surface area contributed by atoms with Crippen molar-refractivity contribution in [1.29, 1.82) is 0 Å². The molecule has 2 unspecified atom stereocenters. The molecular weight excluding hydrogens is 274 g/mol. The molecule has 1 N–H and O–H groups in total. The zero-order valence-electron chi connectivity index (χ0n) is 9.42. The topological polar surface area (TPSA) is 25.2 Å². The van der Waals surface area contributed by atoms with Crippen LogP contribution < -0.4 is 5.32 Å². The van der Waals surface area contributed by atoms with Crippen molar-refractivity contribution in [3.8, 4) is 0 Å². The molecule has 0 aromatic carbocycles. The van der Waals surface area contributed by atoms with E-state index in [9.17, 15) is 0 Å². The minimum Gasteiger partial charge on any atom is -0.453 e. The molecule has 15 heavy (non-hydrogen) atoms. The summed E-state index contributed by atoms with van der Waals surface area (Å²) in [6, 6.07) is 4.21. The number of rotatable bonds is 6. The molecule has 4 heteroatoms. The van der Waals surface area contributed by atoms with Gasteiger partial charge in [0.15, 0.2) is 4.67 Å². The molecule has 2 nitrogen and oxygen atoms in total. The van der Waals surface area contributed by atoms with Gasteiger partial charge in [-0.25, -0.2) is 0 Å². The molecule has 1 heterocycles. The predicted molar refractivity (Wildman–Crippen MR) is 70.4 cm³/mol. The highest BCUT2D eigenvalue weighted by Gasteiger charge is 2.09. The first-order valence-corrected chi connectivity index (χ1v) is 7.23. The number of hydrogen-bond acceptors (Lipinski definition) is 3. The molecule has 1 rings (SSSR count). The molecule has 86 valence electrons. The van der Waals surface area contributed by atoms with Crippen molar-refractivity contribution in [1.82, 2.24) is 5.32 Å². The van der Waals surface area contributed by atoms with Crippen LogP contribution in [0.3, 0.4) is 0 Å². The van der Waals surface area contributed by atoms with Crippen LogP contribution in [0.25, 0.3) is 0 Å². The molecule has 0 aliphatic rings. The van der Waals surface area contributed by atoms with Gasteiger partial charge in [0.05, 0.1) is 6.04 Å². The van der Waals surface area contributed by atoms with Crippen LogP contribution in [0.5, 0.6) is 0 Å². The number of thioether (sulfide) groups is 1. The maximum Gasteiger partial charge on any atom is 0.169 e. The van der Waals surface area contributed by atoms with Crippen LogP contribution >= 0.6 is 27.7 Å². The second-order valence-electron chi connectivity index (χ2n) is 3.65. The highest BCUT2D eigenvalue weighted by molar-refractivity contribution is 9.10. The zero-order valence-corrected chi connectivity index (χ0v) is 11.8. The van der Waals surface area contributed by atoms with E-state index in [1.807, 2.05) is 23.9 Å². The van der Waals surface area contributed by atoms with Gasteiger partial charge in [0.2, 0.25) is 0 Å². The SMILES string of the molecule is CSC(C)CCNC(C)c1ccc(Br)o1. The molecule has 0 aliphatic carbocycles. The molecule has 0 fully saturated rings. The van der Waals surface area contributed by atoms with Crippen LogP contribution in [-0.4, -0.2) is 18.1 Å². The van der Waals surface area contributed by atoms with E-state index in [4.69, 9.17) is 4.42 Å². The lowest BCUT2D eigenvalue weighted by Crippen LogP contribution is -2.21. The Balaban J connectivity index is 2.27. The average molecular weight is 292 g/mol. The van der Waals surface area contributed by atoms with Gasteiger partial charge >= 0.3 is 0 Å². The fraction of sp³-hybridized carbons (Fsp3) is 0.636. The van der Waals surface area contributed by atoms with Gasteiger partial charge in [-0.05, 0) is 54.2 Å². The van der Waals surface area contributed by atoms with E-state index >= 15 is 0 Å². The summed E-state index contributed by atoms with van der Waals surface area (Å²) in [7, 11) is 0. The monoisotopic (exact) mass is 291 g/mol. The summed E-state index contributed by atoms with van der Waals surface area (Å²) >= 11 is 5.21. The predicted octanol–water partition coefficient (Wildman–Crippen LogP) is 3.83. The molecule has 0 aliphatic heterocycles. The maximum absolute atomic E-state index is 5.48. The van der Waals surface area contributed by atoms with Gasteiger partial charge in [0, 0.05) is 5.25 Å². The lowest BCUT2D eigenvalue weighted by Gasteiger charge is -2.13. The van der Waals surface area contributed by atoms with E-state index in [0.717, 1.165) is 17.0 Å². The van der Waals surface area contributed by atoms with E-state index in [1.54, 1.807) is 0 Å². The highest BCUT2D eigenvalue weighted by Crippen LogP contribution is 2.20. The van der Waals surface area contributed by atoms with Gasteiger partial charge in [0.25, 0.3) is 0 Å². The molecule has 1 aromatic heterocycles. The molecule has 0 bridgehead atoms. The quantitative estimate of drug-likeness (QED) is 0.862. The summed E-state index contributed by atoms with van der Waals surface area (Å²) < 4.78 is 6.27. The summed E-state index contributed by atoms with van der Waals surface area (Å²) in [5.74, 6) is 0.985. The standard InChI is InChI=1S/C11H18BrNOS/c1-8(15-3)6-7-13-9(2)10-4-5-11(12)14-10/h4-5,8-9,13H,6-7H2,1-3H3. The third kappa shape index (κ3) is 4.62. The van der Waals surface area contributed by atoms with Crippen LogP contribution in [0.4, 0.5) is 0 Å². The van der Waals surface area contributed by atoms with E-state index in [2.05, 4.69) is 41.3 Å². The van der Waals surface area contributed by atoms with Gasteiger partial charge in [-0.3, -0.25) is 0 Å². The Bertz CT molecular complexity index is 290. The van der Waals surface area contributed by atoms with Crippen molar-refractivity contribution in [2.24, 2.45) is 0 Å². The molecule has 0 amide bonds. The molecular formula is C11H18BrNOS. The van der Waals surface area contributed by atoms with E-state index in [0.29, 0.717) is 5.25 Å². The lowest BCUT2D eigenvalue weighted by atomic mass is 10.2. The van der Waals surface area contributed by atoms with Crippen molar-refractivity contribution in [3.63, 3.8) is 0 Å². The fourth-order valence-corrected chi connectivity index (χ4v) is 1.96. The Morgan fingerprint density at radius 3 is 2.73 bits per heavy atom.